The highest BCUT2D eigenvalue weighted by atomic mass is 16.1. The molecule has 0 aromatic carbocycles. The molecule has 0 heterocycles. The van der Waals surface area contributed by atoms with E-state index in [1.807, 2.05) is 0 Å². The maximum absolute atomic E-state index is 11.5. The van der Waals surface area contributed by atoms with E-state index in [2.05, 4.69) is 20.8 Å². The summed E-state index contributed by atoms with van der Waals surface area (Å²) >= 11 is 0. The minimum atomic E-state index is 0.430. The molecule has 0 spiro atoms. The van der Waals surface area contributed by atoms with Crippen molar-refractivity contribution in [2.24, 2.45) is 17.6 Å². The maximum atomic E-state index is 11.5. The second-order valence-electron chi connectivity index (χ2n) is 4.86. The maximum Gasteiger partial charge on any atom is 0.132 e. The van der Waals surface area contributed by atoms with Gasteiger partial charge in [-0.15, -0.1) is 0 Å². The van der Waals surface area contributed by atoms with E-state index in [1.165, 1.54) is 0 Å². The summed E-state index contributed by atoms with van der Waals surface area (Å²) in [7, 11) is 0. The van der Waals surface area contributed by atoms with Crippen LogP contribution in [0.4, 0.5) is 0 Å². The molecule has 0 aliphatic carbocycles. The van der Waals surface area contributed by atoms with E-state index < -0.39 is 0 Å². The van der Waals surface area contributed by atoms with Crippen LogP contribution < -0.4 is 5.73 Å². The zero-order valence-corrected chi connectivity index (χ0v) is 10.6. The van der Waals surface area contributed by atoms with E-state index in [4.69, 9.17) is 5.73 Å². The summed E-state index contributed by atoms with van der Waals surface area (Å²) in [6.45, 7) is 7.25. The van der Waals surface area contributed by atoms with Crippen molar-refractivity contribution < 1.29 is 4.79 Å². The van der Waals surface area contributed by atoms with Crippen molar-refractivity contribution >= 4 is 5.78 Å². The molecule has 0 rings (SSSR count). The van der Waals surface area contributed by atoms with Crippen LogP contribution >= 0.6 is 0 Å². The van der Waals surface area contributed by atoms with Crippen molar-refractivity contribution in [1.82, 2.24) is 0 Å². The lowest BCUT2D eigenvalue weighted by molar-refractivity contribution is -0.119. The molecule has 0 aromatic heterocycles. The van der Waals surface area contributed by atoms with Gasteiger partial charge in [0.05, 0.1) is 0 Å². The van der Waals surface area contributed by atoms with Crippen molar-refractivity contribution in [3.05, 3.63) is 0 Å². The lowest BCUT2D eigenvalue weighted by Gasteiger charge is -2.12. The highest BCUT2D eigenvalue weighted by Gasteiger charge is 2.09. The van der Waals surface area contributed by atoms with Gasteiger partial charge < -0.3 is 5.73 Å². The fourth-order valence-corrected chi connectivity index (χ4v) is 1.73. The van der Waals surface area contributed by atoms with Crippen LogP contribution in [0.15, 0.2) is 0 Å². The first-order valence-corrected chi connectivity index (χ1v) is 6.31. The van der Waals surface area contributed by atoms with Crippen LogP contribution in [0, 0.1) is 11.8 Å². The molecule has 15 heavy (non-hydrogen) atoms. The smallest absolute Gasteiger partial charge is 0.132 e. The topological polar surface area (TPSA) is 43.1 Å². The normalized spacial score (nSPS) is 13.1. The number of Topliss-reactive ketones (excluding diaryl/α,β-unsaturated/α-hetero) is 1. The molecular formula is C13H27NO. The van der Waals surface area contributed by atoms with Crippen LogP contribution in [0.2, 0.25) is 0 Å². The van der Waals surface area contributed by atoms with Crippen LogP contribution in [-0.4, -0.2) is 12.3 Å². The van der Waals surface area contributed by atoms with Gasteiger partial charge in [-0.05, 0) is 37.6 Å². The molecule has 90 valence electrons. The monoisotopic (exact) mass is 213 g/mol. The average molecular weight is 213 g/mol. The molecule has 0 saturated heterocycles. The van der Waals surface area contributed by atoms with Gasteiger partial charge in [-0.1, -0.05) is 27.2 Å². The number of carbonyl (C=O) groups excluding carboxylic acids is 1. The van der Waals surface area contributed by atoms with E-state index >= 15 is 0 Å². The number of hydrogen-bond acceptors (Lipinski definition) is 2. The quantitative estimate of drug-likeness (QED) is 0.639. The minimum Gasteiger partial charge on any atom is -0.330 e. The first-order chi connectivity index (χ1) is 7.10. The molecule has 2 nitrogen and oxygen atoms in total. The molecule has 1 atom stereocenters. The Hall–Kier alpha value is -0.370. The summed E-state index contributed by atoms with van der Waals surface area (Å²) in [5.41, 5.74) is 5.52. The number of carbonyl (C=O) groups is 1. The summed E-state index contributed by atoms with van der Waals surface area (Å²) in [6, 6.07) is 0. The minimum absolute atomic E-state index is 0.430. The van der Waals surface area contributed by atoms with E-state index in [1.54, 1.807) is 0 Å². The molecule has 2 heteroatoms. The van der Waals surface area contributed by atoms with Crippen molar-refractivity contribution in [3.63, 3.8) is 0 Å². The molecule has 0 saturated carbocycles. The fraction of sp³-hybridized carbons (Fsp3) is 0.923. The molecule has 1 unspecified atom stereocenters. The molecule has 0 aromatic rings. The molecular weight excluding hydrogens is 186 g/mol. The highest BCUT2D eigenvalue weighted by Crippen LogP contribution is 2.16. The molecule has 0 amide bonds. The number of rotatable bonds is 9. The zero-order chi connectivity index (χ0) is 11.7. The molecule has 0 radical (unpaired) electrons. The van der Waals surface area contributed by atoms with Crippen molar-refractivity contribution in [2.75, 3.05) is 6.54 Å². The Balaban J connectivity index is 3.59. The van der Waals surface area contributed by atoms with E-state index in [0.717, 1.165) is 45.1 Å². The third-order valence-corrected chi connectivity index (χ3v) is 2.98. The van der Waals surface area contributed by atoms with Crippen molar-refractivity contribution in [3.8, 4) is 0 Å². The number of nitrogens with two attached hydrogens (primary N) is 1. The number of hydrogen-bond donors (Lipinski definition) is 1. The molecule has 0 aliphatic heterocycles. The molecule has 0 fully saturated rings. The SMILES string of the molecule is CCC(CCN)CCC(=O)CCC(C)C. The van der Waals surface area contributed by atoms with Crippen LogP contribution in [0.25, 0.3) is 0 Å². The standard InChI is InChI=1S/C13H27NO/c1-4-12(9-10-14)6-8-13(15)7-5-11(2)3/h11-12H,4-10,14H2,1-3H3. The van der Waals surface area contributed by atoms with Gasteiger partial charge in [0.2, 0.25) is 0 Å². The van der Waals surface area contributed by atoms with Gasteiger partial charge in [-0.3, -0.25) is 4.79 Å². The third kappa shape index (κ3) is 8.61. The Kier molecular flexibility index (Phi) is 8.68. The third-order valence-electron chi connectivity index (χ3n) is 2.98. The predicted molar refractivity (Wildman–Crippen MR) is 65.8 cm³/mol. The van der Waals surface area contributed by atoms with Crippen LogP contribution in [0.1, 0.15) is 59.3 Å². The summed E-state index contributed by atoms with van der Waals surface area (Å²) < 4.78 is 0. The van der Waals surface area contributed by atoms with Gasteiger partial charge in [0.1, 0.15) is 5.78 Å². The van der Waals surface area contributed by atoms with Gasteiger partial charge in [-0.25, -0.2) is 0 Å². The molecule has 0 aliphatic rings. The fourth-order valence-electron chi connectivity index (χ4n) is 1.73. The second-order valence-corrected chi connectivity index (χ2v) is 4.86. The summed E-state index contributed by atoms with van der Waals surface area (Å²) in [6.07, 6.45) is 5.79. The summed E-state index contributed by atoms with van der Waals surface area (Å²) in [5, 5.41) is 0. The lowest BCUT2D eigenvalue weighted by Crippen LogP contribution is -2.10. The second kappa shape index (κ2) is 8.90. The van der Waals surface area contributed by atoms with Crippen LogP contribution in [-0.2, 0) is 4.79 Å². The zero-order valence-electron chi connectivity index (χ0n) is 10.6. The van der Waals surface area contributed by atoms with Crippen molar-refractivity contribution in [1.29, 1.82) is 0 Å². The Morgan fingerprint density at radius 2 is 1.73 bits per heavy atom. The number of ketones is 1. The Labute approximate surface area is 94.6 Å². The Morgan fingerprint density at radius 1 is 1.13 bits per heavy atom. The summed E-state index contributed by atoms with van der Waals surface area (Å²) in [4.78, 5) is 11.5. The first kappa shape index (κ1) is 14.6. The molecule has 2 N–H and O–H groups in total. The predicted octanol–water partition coefficient (Wildman–Crippen LogP) is 3.15. The van der Waals surface area contributed by atoms with Crippen molar-refractivity contribution in [2.45, 2.75) is 59.3 Å². The summed E-state index contributed by atoms with van der Waals surface area (Å²) in [5.74, 6) is 1.72. The first-order valence-electron chi connectivity index (χ1n) is 6.31. The van der Waals surface area contributed by atoms with E-state index in [0.29, 0.717) is 17.6 Å². The average Bonchev–Trinajstić information content (AvgIpc) is 2.21. The molecule has 0 bridgehead atoms. The van der Waals surface area contributed by atoms with Crippen LogP contribution in [0.5, 0.6) is 0 Å². The van der Waals surface area contributed by atoms with E-state index in [9.17, 15) is 4.79 Å². The Morgan fingerprint density at radius 3 is 2.20 bits per heavy atom. The van der Waals surface area contributed by atoms with Gasteiger partial charge in [0.25, 0.3) is 0 Å². The lowest BCUT2D eigenvalue weighted by atomic mass is 9.94. The Bertz CT molecular complexity index is 166. The van der Waals surface area contributed by atoms with Gasteiger partial charge in [-0.2, -0.15) is 0 Å². The largest absolute Gasteiger partial charge is 0.330 e. The van der Waals surface area contributed by atoms with Gasteiger partial charge >= 0.3 is 0 Å². The van der Waals surface area contributed by atoms with Gasteiger partial charge in [0, 0.05) is 12.8 Å². The van der Waals surface area contributed by atoms with Gasteiger partial charge in [0.15, 0.2) is 0 Å². The van der Waals surface area contributed by atoms with Crippen LogP contribution in [0.3, 0.4) is 0 Å². The van der Waals surface area contributed by atoms with E-state index in [-0.39, 0.29) is 0 Å². The highest BCUT2D eigenvalue weighted by molar-refractivity contribution is 5.78.